The Morgan fingerprint density at radius 2 is 2.55 bits per heavy atom. The van der Waals surface area contributed by atoms with Crippen LogP contribution in [0, 0.1) is 0 Å². The largest absolute Gasteiger partial charge is 0.387 e. The van der Waals surface area contributed by atoms with Crippen LogP contribution in [0.3, 0.4) is 0 Å². The van der Waals surface area contributed by atoms with E-state index in [4.69, 9.17) is 5.73 Å². The number of rotatable bonds is 2. The van der Waals surface area contributed by atoms with Crippen molar-refractivity contribution in [2.45, 2.75) is 6.92 Å². The molecule has 11 heavy (non-hydrogen) atoms. The molecule has 0 radical (unpaired) electrons. The number of nitrogens with two attached hydrogens (primary N) is 1. The molecule has 2 N–H and O–H groups in total. The van der Waals surface area contributed by atoms with Gasteiger partial charge in [0.25, 0.3) is 0 Å². The Bertz CT molecular complexity index is 260. The zero-order chi connectivity index (χ0) is 8.27. The van der Waals surface area contributed by atoms with E-state index in [-0.39, 0.29) is 5.12 Å². The van der Waals surface area contributed by atoms with Crippen molar-refractivity contribution in [3.8, 4) is 0 Å². The minimum Gasteiger partial charge on any atom is -0.387 e. The molecule has 1 heterocycles. The lowest BCUT2D eigenvalue weighted by Crippen LogP contribution is -1.98. The van der Waals surface area contributed by atoms with E-state index in [1.54, 1.807) is 0 Å². The predicted octanol–water partition coefficient (Wildman–Crippen LogP) is 1.01. The summed E-state index contributed by atoms with van der Waals surface area (Å²) < 4.78 is 3.56. The first-order chi connectivity index (χ1) is 5.25. The fraction of sp³-hybridized carbons (Fsp3) is 0.400. The second-order valence-electron chi connectivity index (χ2n) is 1.71. The number of thioether (sulfide) groups is 1. The molecule has 0 saturated carbocycles. The highest BCUT2D eigenvalue weighted by atomic mass is 32.2. The molecule has 0 atom stereocenters. The van der Waals surface area contributed by atoms with Crippen molar-refractivity contribution in [1.82, 2.24) is 9.59 Å². The molecule has 0 aromatic carbocycles. The average molecular weight is 189 g/mol. The van der Waals surface area contributed by atoms with Crippen LogP contribution in [0.4, 0.5) is 5.00 Å². The van der Waals surface area contributed by atoms with Crippen molar-refractivity contribution in [3.63, 3.8) is 0 Å². The Balaban J connectivity index is 2.76. The zero-order valence-corrected chi connectivity index (χ0v) is 7.54. The predicted molar refractivity (Wildman–Crippen MR) is 46.8 cm³/mol. The SMILES string of the molecule is CCSC(=O)c1nnsc1N. The van der Waals surface area contributed by atoms with Crippen LogP contribution in [-0.4, -0.2) is 20.5 Å². The Labute approximate surface area is 72.3 Å². The fourth-order valence-corrected chi connectivity index (χ4v) is 1.58. The molecule has 1 rings (SSSR count). The Morgan fingerprint density at radius 3 is 3.00 bits per heavy atom. The molecule has 0 spiro atoms. The summed E-state index contributed by atoms with van der Waals surface area (Å²) in [4.78, 5) is 11.1. The summed E-state index contributed by atoms with van der Waals surface area (Å²) in [5, 5.41) is 3.91. The van der Waals surface area contributed by atoms with Crippen LogP contribution in [0.25, 0.3) is 0 Å². The van der Waals surface area contributed by atoms with Gasteiger partial charge in [0.1, 0.15) is 5.00 Å². The van der Waals surface area contributed by atoms with E-state index in [1.165, 1.54) is 11.8 Å². The molecule has 1 aromatic rings. The van der Waals surface area contributed by atoms with Gasteiger partial charge in [-0.2, -0.15) is 0 Å². The van der Waals surface area contributed by atoms with Crippen LogP contribution in [0.15, 0.2) is 0 Å². The Kier molecular flexibility index (Phi) is 2.84. The van der Waals surface area contributed by atoms with Gasteiger partial charge in [-0.05, 0) is 5.75 Å². The van der Waals surface area contributed by atoms with Crippen LogP contribution in [0.1, 0.15) is 17.4 Å². The number of carbonyl (C=O) groups excluding carboxylic acids is 1. The lowest BCUT2D eigenvalue weighted by molar-refractivity contribution is 0.108. The highest BCUT2D eigenvalue weighted by Gasteiger charge is 2.13. The van der Waals surface area contributed by atoms with Gasteiger partial charge in [0.05, 0.1) is 0 Å². The first-order valence-electron chi connectivity index (χ1n) is 3.00. The number of hydrogen-bond acceptors (Lipinski definition) is 6. The van der Waals surface area contributed by atoms with Gasteiger partial charge in [0.2, 0.25) is 5.12 Å². The van der Waals surface area contributed by atoms with Gasteiger partial charge in [-0.1, -0.05) is 23.2 Å². The highest BCUT2D eigenvalue weighted by Crippen LogP contribution is 2.18. The first-order valence-corrected chi connectivity index (χ1v) is 4.76. The van der Waals surface area contributed by atoms with Crippen molar-refractivity contribution in [3.05, 3.63) is 5.69 Å². The van der Waals surface area contributed by atoms with Crippen LogP contribution in [-0.2, 0) is 0 Å². The molecule has 0 aliphatic rings. The van der Waals surface area contributed by atoms with Crippen molar-refractivity contribution in [1.29, 1.82) is 0 Å². The fourth-order valence-electron chi connectivity index (χ4n) is 0.539. The van der Waals surface area contributed by atoms with E-state index in [0.29, 0.717) is 10.7 Å². The summed E-state index contributed by atoms with van der Waals surface area (Å²) in [5.74, 6) is 0.732. The van der Waals surface area contributed by atoms with Gasteiger partial charge >= 0.3 is 0 Å². The second-order valence-corrected chi connectivity index (χ2v) is 3.73. The molecule has 0 aliphatic carbocycles. The number of nitrogens with zero attached hydrogens (tertiary/aromatic N) is 2. The molecular formula is C5H7N3OS2. The summed E-state index contributed by atoms with van der Waals surface area (Å²) in [5.41, 5.74) is 5.72. The molecule has 6 heteroatoms. The van der Waals surface area contributed by atoms with Crippen LogP contribution in [0.2, 0.25) is 0 Å². The lowest BCUT2D eigenvalue weighted by Gasteiger charge is -1.91. The maximum atomic E-state index is 11.1. The summed E-state index contributed by atoms with van der Waals surface area (Å²) in [6, 6.07) is 0. The minimum absolute atomic E-state index is 0.0984. The number of anilines is 1. The summed E-state index contributed by atoms with van der Waals surface area (Å²) >= 11 is 2.23. The third-order valence-electron chi connectivity index (χ3n) is 0.982. The molecule has 0 unspecified atom stereocenters. The topological polar surface area (TPSA) is 68.9 Å². The molecular weight excluding hydrogens is 182 g/mol. The number of aromatic nitrogens is 2. The van der Waals surface area contributed by atoms with E-state index >= 15 is 0 Å². The number of carbonyl (C=O) groups is 1. The number of nitrogen functional groups attached to an aromatic ring is 1. The molecule has 0 amide bonds. The monoisotopic (exact) mass is 189 g/mol. The highest BCUT2D eigenvalue weighted by molar-refractivity contribution is 8.14. The van der Waals surface area contributed by atoms with E-state index < -0.39 is 0 Å². The summed E-state index contributed by atoms with van der Waals surface area (Å²) in [7, 11) is 0. The first kappa shape index (κ1) is 8.48. The standard InChI is InChI=1S/C5H7N3OS2/c1-2-10-5(9)3-4(6)11-8-7-3/h2,6H2,1H3. The maximum Gasteiger partial charge on any atom is 0.242 e. The van der Waals surface area contributed by atoms with Gasteiger partial charge in [-0.15, -0.1) is 5.10 Å². The second kappa shape index (κ2) is 3.68. The van der Waals surface area contributed by atoms with Gasteiger partial charge in [0.15, 0.2) is 5.69 Å². The molecule has 0 fully saturated rings. The van der Waals surface area contributed by atoms with E-state index in [0.717, 1.165) is 17.3 Å². The molecule has 0 aliphatic heterocycles. The van der Waals surface area contributed by atoms with Crippen molar-refractivity contribution in [2.24, 2.45) is 0 Å². The molecule has 1 aromatic heterocycles. The maximum absolute atomic E-state index is 11.1. The normalized spacial score (nSPS) is 9.91. The molecule has 0 bridgehead atoms. The molecule has 60 valence electrons. The lowest BCUT2D eigenvalue weighted by atomic mass is 10.5. The number of hydrogen-bond donors (Lipinski definition) is 1. The summed E-state index contributed by atoms with van der Waals surface area (Å²) in [6.45, 7) is 1.90. The van der Waals surface area contributed by atoms with E-state index in [2.05, 4.69) is 9.59 Å². The van der Waals surface area contributed by atoms with Crippen LogP contribution >= 0.6 is 23.3 Å². The zero-order valence-electron chi connectivity index (χ0n) is 5.90. The van der Waals surface area contributed by atoms with E-state index in [1.807, 2.05) is 6.92 Å². The smallest absolute Gasteiger partial charge is 0.242 e. The molecule has 4 nitrogen and oxygen atoms in total. The Hall–Kier alpha value is -0.620. The van der Waals surface area contributed by atoms with Gasteiger partial charge < -0.3 is 5.73 Å². The minimum atomic E-state index is -0.0984. The van der Waals surface area contributed by atoms with Crippen LogP contribution < -0.4 is 5.73 Å². The third-order valence-corrected chi connectivity index (χ3v) is 2.28. The van der Waals surface area contributed by atoms with Gasteiger partial charge in [0, 0.05) is 11.5 Å². The Morgan fingerprint density at radius 1 is 1.82 bits per heavy atom. The molecule has 0 saturated heterocycles. The van der Waals surface area contributed by atoms with Crippen LogP contribution in [0.5, 0.6) is 0 Å². The van der Waals surface area contributed by atoms with Gasteiger partial charge in [-0.3, -0.25) is 4.79 Å². The van der Waals surface area contributed by atoms with Crippen molar-refractivity contribution in [2.75, 3.05) is 11.5 Å². The van der Waals surface area contributed by atoms with Crippen molar-refractivity contribution >= 4 is 33.4 Å². The van der Waals surface area contributed by atoms with E-state index in [9.17, 15) is 4.79 Å². The summed E-state index contributed by atoms with van der Waals surface area (Å²) in [6.07, 6.45) is 0. The van der Waals surface area contributed by atoms with Crippen molar-refractivity contribution < 1.29 is 4.79 Å². The van der Waals surface area contributed by atoms with Gasteiger partial charge in [-0.25, -0.2) is 0 Å². The average Bonchev–Trinajstić information content (AvgIpc) is 2.36. The quantitative estimate of drug-likeness (QED) is 0.752. The third kappa shape index (κ3) is 1.90.